The second-order valence-electron chi connectivity index (χ2n) is 7.44. The number of pyridine rings is 1. The normalized spacial score (nSPS) is 29.5. The summed E-state index contributed by atoms with van der Waals surface area (Å²) in [6, 6.07) is 6.47. The summed E-state index contributed by atoms with van der Waals surface area (Å²) >= 11 is 0. The number of anilines is 1. The van der Waals surface area contributed by atoms with E-state index in [-0.39, 0.29) is 5.60 Å². The van der Waals surface area contributed by atoms with Gasteiger partial charge in [0.15, 0.2) is 0 Å². The van der Waals surface area contributed by atoms with Crippen LogP contribution < -0.4 is 5.32 Å². The fraction of sp³-hybridized carbons (Fsp3) is 0.474. The molecular weight excluding hydrogens is 328 g/mol. The number of rotatable bonds is 2. The van der Waals surface area contributed by atoms with Crippen LogP contribution >= 0.6 is 0 Å². The van der Waals surface area contributed by atoms with Crippen LogP contribution in [0.25, 0.3) is 11.3 Å². The lowest BCUT2D eigenvalue weighted by atomic mass is 9.75. The third-order valence-corrected chi connectivity index (χ3v) is 5.72. The van der Waals surface area contributed by atoms with E-state index in [9.17, 15) is 0 Å². The topological polar surface area (TPSA) is 75.5 Å². The predicted molar refractivity (Wildman–Crippen MR) is 98.9 cm³/mol. The van der Waals surface area contributed by atoms with Crippen molar-refractivity contribution in [3.63, 3.8) is 0 Å². The highest BCUT2D eigenvalue weighted by atomic mass is 16.5. The van der Waals surface area contributed by atoms with Crippen LogP contribution in [0.4, 0.5) is 5.82 Å². The Hall–Kier alpha value is -2.54. The van der Waals surface area contributed by atoms with Crippen molar-refractivity contribution in [2.45, 2.75) is 25.4 Å². The number of nitrogens with zero attached hydrogens (tertiary/aromatic N) is 5. The minimum atomic E-state index is -0.143. The second-order valence-corrected chi connectivity index (χ2v) is 7.44. The van der Waals surface area contributed by atoms with E-state index in [1.54, 1.807) is 6.33 Å². The zero-order valence-corrected chi connectivity index (χ0v) is 14.9. The summed E-state index contributed by atoms with van der Waals surface area (Å²) in [5, 5.41) is 3.23. The molecule has 3 saturated heterocycles. The SMILES string of the molecule is Cc1ccc(-c2cc(NC3=NC[C@@]4(CN5CCC4CC5)O3)ncn2)cn1. The molecule has 0 saturated carbocycles. The summed E-state index contributed by atoms with van der Waals surface area (Å²) in [5.74, 6) is 1.29. The molecule has 2 aromatic rings. The van der Waals surface area contributed by atoms with E-state index in [1.807, 2.05) is 31.3 Å². The van der Waals surface area contributed by atoms with Gasteiger partial charge in [0.25, 0.3) is 6.02 Å². The van der Waals surface area contributed by atoms with Crippen molar-refractivity contribution in [2.24, 2.45) is 10.9 Å². The molecule has 2 aromatic heterocycles. The quantitative estimate of drug-likeness (QED) is 0.894. The summed E-state index contributed by atoms with van der Waals surface area (Å²) in [7, 11) is 0. The first-order chi connectivity index (χ1) is 12.7. The zero-order chi connectivity index (χ0) is 17.6. The number of aryl methyl sites for hydroxylation is 1. The van der Waals surface area contributed by atoms with Crippen molar-refractivity contribution in [1.82, 2.24) is 19.9 Å². The maximum atomic E-state index is 6.31. The van der Waals surface area contributed by atoms with Gasteiger partial charge in [-0.25, -0.2) is 15.0 Å². The van der Waals surface area contributed by atoms with Gasteiger partial charge in [0.1, 0.15) is 17.7 Å². The van der Waals surface area contributed by atoms with Crippen molar-refractivity contribution < 1.29 is 4.74 Å². The fourth-order valence-electron chi connectivity index (χ4n) is 4.26. The van der Waals surface area contributed by atoms with E-state index in [0.717, 1.165) is 30.0 Å². The minimum Gasteiger partial charge on any atom is -0.455 e. The molecule has 1 atom stereocenters. The van der Waals surface area contributed by atoms with E-state index in [2.05, 4.69) is 30.2 Å². The second kappa shape index (κ2) is 6.02. The summed E-state index contributed by atoms with van der Waals surface area (Å²) < 4.78 is 6.31. The first-order valence-corrected chi connectivity index (χ1v) is 9.18. The Labute approximate surface area is 152 Å². The summed E-state index contributed by atoms with van der Waals surface area (Å²) in [6.45, 7) is 6.07. The van der Waals surface area contributed by atoms with Crippen LogP contribution in [0.2, 0.25) is 0 Å². The maximum absolute atomic E-state index is 6.31. The molecule has 7 nitrogen and oxygen atoms in total. The number of piperidine rings is 3. The van der Waals surface area contributed by atoms with Crippen LogP contribution in [0.15, 0.2) is 35.7 Å². The molecule has 2 bridgehead atoms. The third kappa shape index (κ3) is 2.72. The van der Waals surface area contributed by atoms with Gasteiger partial charge in [-0.05, 0) is 45.0 Å². The average Bonchev–Trinajstić information content (AvgIpc) is 3.05. The predicted octanol–water partition coefficient (Wildman–Crippen LogP) is 2.11. The minimum absolute atomic E-state index is 0.143. The highest BCUT2D eigenvalue weighted by Gasteiger charge is 2.51. The molecule has 3 fully saturated rings. The maximum Gasteiger partial charge on any atom is 0.291 e. The molecule has 134 valence electrons. The van der Waals surface area contributed by atoms with Crippen LogP contribution in [-0.4, -0.2) is 57.7 Å². The number of hydrogen-bond donors (Lipinski definition) is 1. The van der Waals surface area contributed by atoms with Crippen LogP contribution in [-0.2, 0) is 4.74 Å². The highest BCUT2D eigenvalue weighted by molar-refractivity contribution is 5.90. The van der Waals surface area contributed by atoms with Gasteiger partial charge in [-0.3, -0.25) is 15.2 Å². The molecule has 1 N–H and O–H groups in total. The van der Waals surface area contributed by atoms with Crippen LogP contribution in [0.1, 0.15) is 18.5 Å². The standard InChI is InChI=1S/C19H22N6O/c1-13-2-3-14(9-20-13)16-8-17(23-12-22-16)24-18-21-10-19(26-18)11-25-6-4-15(19)5-7-25/h2-3,8-9,12,15H,4-7,10-11H2,1H3,(H,21,22,23,24)/t19-/m0/s1. The Morgan fingerprint density at radius 2 is 2.08 bits per heavy atom. The van der Waals surface area contributed by atoms with Crippen LogP contribution in [0.5, 0.6) is 0 Å². The molecule has 26 heavy (non-hydrogen) atoms. The summed E-state index contributed by atoms with van der Waals surface area (Å²) in [4.78, 5) is 20.1. The van der Waals surface area contributed by atoms with Gasteiger partial charge in [0, 0.05) is 36.0 Å². The monoisotopic (exact) mass is 350 g/mol. The largest absolute Gasteiger partial charge is 0.455 e. The number of hydrogen-bond acceptors (Lipinski definition) is 7. The lowest BCUT2D eigenvalue weighted by Crippen LogP contribution is -2.61. The van der Waals surface area contributed by atoms with Crippen molar-refractivity contribution in [1.29, 1.82) is 0 Å². The van der Waals surface area contributed by atoms with E-state index in [4.69, 9.17) is 4.74 Å². The third-order valence-electron chi connectivity index (χ3n) is 5.72. The van der Waals surface area contributed by atoms with Gasteiger partial charge >= 0.3 is 0 Å². The van der Waals surface area contributed by atoms with E-state index < -0.39 is 0 Å². The van der Waals surface area contributed by atoms with E-state index >= 15 is 0 Å². The first-order valence-electron chi connectivity index (χ1n) is 9.18. The molecule has 1 spiro atoms. The number of ether oxygens (including phenoxy) is 1. The zero-order valence-electron chi connectivity index (χ0n) is 14.9. The Bertz CT molecular complexity index is 843. The van der Waals surface area contributed by atoms with Crippen molar-refractivity contribution in [3.8, 4) is 11.3 Å². The van der Waals surface area contributed by atoms with Crippen molar-refractivity contribution >= 4 is 11.8 Å². The Kier molecular flexibility index (Phi) is 3.63. The molecule has 6 heterocycles. The first kappa shape index (κ1) is 15.7. The molecular formula is C19H22N6O. The number of fused-ring (bicyclic) bond motifs is 2. The molecule has 0 amide bonds. The summed E-state index contributed by atoms with van der Waals surface area (Å²) in [6.07, 6.45) is 5.80. The number of aliphatic imine (C=N–C) groups is 1. The molecule has 4 aliphatic heterocycles. The number of nitrogens with one attached hydrogen (secondary N) is 1. The van der Waals surface area contributed by atoms with Gasteiger partial charge in [0.05, 0.1) is 12.2 Å². The Morgan fingerprint density at radius 3 is 2.81 bits per heavy atom. The summed E-state index contributed by atoms with van der Waals surface area (Å²) in [5.41, 5.74) is 2.63. The van der Waals surface area contributed by atoms with Gasteiger partial charge < -0.3 is 4.74 Å². The molecule has 0 aromatic carbocycles. The van der Waals surface area contributed by atoms with E-state index in [0.29, 0.717) is 17.8 Å². The van der Waals surface area contributed by atoms with Gasteiger partial charge in [-0.2, -0.15) is 0 Å². The number of amidine groups is 1. The average molecular weight is 350 g/mol. The molecule has 0 radical (unpaired) electrons. The smallest absolute Gasteiger partial charge is 0.291 e. The van der Waals surface area contributed by atoms with Crippen LogP contribution in [0, 0.1) is 12.8 Å². The molecule has 4 aliphatic rings. The lowest BCUT2D eigenvalue weighted by molar-refractivity contribution is -0.0829. The van der Waals surface area contributed by atoms with E-state index in [1.165, 1.54) is 25.9 Å². The van der Waals surface area contributed by atoms with Gasteiger partial charge in [-0.15, -0.1) is 0 Å². The molecule has 7 heteroatoms. The number of aromatic nitrogens is 3. The van der Waals surface area contributed by atoms with Crippen molar-refractivity contribution in [2.75, 3.05) is 31.5 Å². The fourth-order valence-corrected chi connectivity index (χ4v) is 4.26. The molecule has 0 unspecified atom stereocenters. The van der Waals surface area contributed by atoms with Gasteiger partial charge in [-0.1, -0.05) is 0 Å². The molecule has 6 rings (SSSR count). The van der Waals surface area contributed by atoms with Gasteiger partial charge in [0.2, 0.25) is 0 Å². The highest BCUT2D eigenvalue weighted by Crippen LogP contribution is 2.40. The van der Waals surface area contributed by atoms with Crippen LogP contribution in [0.3, 0.4) is 0 Å². The Balaban J connectivity index is 1.31. The Morgan fingerprint density at radius 1 is 1.19 bits per heavy atom. The lowest BCUT2D eigenvalue weighted by Gasteiger charge is -2.50. The molecule has 0 aliphatic carbocycles. The van der Waals surface area contributed by atoms with Crippen molar-refractivity contribution in [3.05, 3.63) is 36.4 Å².